The molecule has 2 aromatic heterocycles. The third-order valence-corrected chi connectivity index (χ3v) is 5.48. The molecule has 2 heterocycles. The summed E-state index contributed by atoms with van der Waals surface area (Å²) in [6.07, 6.45) is 2.57. The van der Waals surface area contributed by atoms with Crippen LogP contribution in [-0.2, 0) is 17.8 Å². The maximum Gasteiger partial charge on any atom is 0.226 e. The Kier molecular flexibility index (Phi) is 6.83. The fraction of sp³-hybridized carbons (Fsp3) is 0.222. The first-order valence-corrected chi connectivity index (χ1v) is 11.1. The van der Waals surface area contributed by atoms with Crippen LogP contribution in [0.1, 0.15) is 34.5 Å². The van der Waals surface area contributed by atoms with Gasteiger partial charge in [-0.05, 0) is 68.7 Å². The molecule has 168 valence electrons. The molecule has 6 heteroatoms. The van der Waals surface area contributed by atoms with Crippen LogP contribution in [0.4, 0.5) is 0 Å². The van der Waals surface area contributed by atoms with Gasteiger partial charge in [0, 0.05) is 18.2 Å². The van der Waals surface area contributed by atoms with Crippen molar-refractivity contribution in [1.29, 1.82) is 0 Å². The highest BCUT2D eigenvalue weighted by molar-refractivity contribution is 5.76. The molecule has 0 saturated carbocycles. The van der Waals surface area contributed by atoms with Crippen LogP contribution in [0.3, 0.4) is 0 Å². The van der Waals surface area contributed by atoms with Crippen LogP contribution in [0.5, 0.6) is 11.6 Å². The number of carbonyl (C=O) groups excluding carboxylic acids is 1. The molecule has 0 saturated heterocycles. The third-order valence-electron chi connectivity index (χ3n) is 5.48. The van der Waals surface area contributed by atoms with Crippen molar-refractivity contribution in [3.8, 4) is 17.3 Å². The number of amides is 1. The summed E-state index contributed by atoms with van der Waals surface area (Å²) in [5.41, 5.74) is 5.76. The Bertz CT molecular complexity index is 1250. The fourth-order valence-corrected chi connectivity index (χ4v) is 3.70. The fourth-order valence-electron chi connectivity index (χ4n) is 3.70. The molecule has 4 aromatic rings. The van der Waals surface area contributed by atoms with E-state index in [-0.39, 0.29) is 5.91 Å². The van der Waals surface area contributed by atoms with E-state index in [0.29, 0.717) is 25.3 Å². The highest BCUT2D eigenvalue weighted by Gasteiger charge is 2.20. The number of rotatable bonds is 8. The first-order chi connectivity index (χ1) is 16.0. The van der Waals surface area contributed by atoms with Crippen molar-refractivity contribution in [3.05, 3.63) is 101 Å². The van der Waals surface area contributed by atoms with Crippen molar-refractivity contribution < 1.29 is 9.53 Å². The molecule has 0 atom stereocenters. The monoisotopic (exact) mass is 440 g/mol. The van der Waals surface area contributed by atoms with E-state index >= 15 is 0 Å². The molecule has 1 amide bonds. The number of aromatic nitrogens is 3. The van der Waals surface area contributed by atoms with Crippen molar-refractivity contribution in [3.63, 3.8) is 0 Å². The number of pyridine rings is 1. The van der Waals surface area contributed by atoms with E-state index in [2.05, 4.69) is 10.3 Å². The first kappa shape index (κ1) is 22.3. The molecule has 0 radical (unpaired) electrons. The summed E-state index contributed by atoms with van der Waals surface area (Å²) in [7, 11) is 0. The minimum Gasteiger partial charge on any atom is -0.439 e. The lowest BCUT2D eigenvalue weighted by Crippen LogP contribution is -2.23. The summed E-state index contributed by atoms with van der Waals surface area (Å²) < 4.78 is 8.21. The van der Waals surface area contributed by atoms with Gasteiger partial charge in [-0.2, -0.15) is 9.78 Å². The standard InChI is InChI=1S/C27H28N4O2/c1-19-9-8-12-23(17-19)33-27-24(14-15-26(32)29-18-22-11-6-7-16-28-22)21(3)30-31(27)25-13-5-4-10-20(25)2/h4-13,16-17H,14-15,18H2,1-3H3,(H,29,32). The lowest BCUT2D eigenvalue weighted by molar-refractivity contribution is -0.121. The predicted octanol–water partition coefficient (Wildman–Crippen LogP) is 5.23. The molecule has 0 aliphatic carbocycles. The Morgan fingerprint density at radius 1 is 1.00 bits per heavy atom. The zero-order chi connectivity index (χ0) is 23.2. The number of ether oxygens (including phenoxy) is 1. The minimum atomic E-state index is -0.0369. The van der Waals surface area contributed by atoms with Crippen molar-refractivity contribution in [1.82, 2.24) is 20.1 Å². The lowest BCUT2D eigenvalue weighted by Gasteiger charge is -2.13. The van der Waals surface area contributed by atoms with Gasteiger partial charge >= 0.3 is 0 Å². The van der Waals surface area contributed by atoms with Gasteiger partial charge < -0.3 is 10.1 Å². The molecule has 0 unspecified atom stereocenters. The molecular formula is C27H28N4O2. The van der Waals surface area contributed by atoms with Crippen LogP contribution in [0.2, 0.25) is 0 Å². The first-order valence-electron chi connectivity index (χ1n) is 11.1. The minimum absolute atomic E-state index is 0.0369. The second-order valence-corrected chi connectivity index (χ2v) is 8.08. The van der Waals surface area contributed by atoms with Crippen LogP contribution >= 0.6 is 0 Å². The Balaban J connectivity index is 1.58. The normalized spacial score (nSPS) is 10.8. The molecule has 0 fully saturated rings. The second kappa shape index (κ2) is 10.1. The molecule has 2 aromatic carbocycles. The quantitative estimate of drug-likeness (QED) is 0.407. The van der Waals surface area contributed by atoms with Gasteiger partial charge in [-0.25, -0.2) is 0 Å². The van der Waals surface area contributed by atoms with Gasteiger partial charge in [-0.1, -0.05) is 36.4 Å². The highest BCUT2D eigenvalue weighted by Crippen LogP contribution is 2.32. The molecule has 1 N–H and O–H groups in total. The molecule has 0 spiro atoms. The van der Waals surface area contributed by atoms with Gasteiger partial charge in [0.2, 0.25) is 11.8 Å². The second-order valence-electron chi connectivity index (χ2n) is 8.08. The number of para-hydroxylation sites is 1. The average Bonchev–Trinajstić information content (AvgIpc) is 3.12. The maximum atomic E-state index is 12.5. The summed E-state index contributed by atoms with van der Waals surface area (Å²) >= 11 is 0. The molecule has 0 aliphatic rings. The summed E-state index contributed by atoms with van der Waals surface area (Å²) in [6.45, 7) is 6.45. The molecule has 33 heavy (non-hydrogen) atoms. The maximum absolute atomic E-state index is 12.5. The summed E-state index contributed by atoms with van der Waals surface area (Å²) in [4.78, 5) is 16.8. The van der Waals surface area contributed by atoms with Gasteiger partial charge in [0.25, 0.3) is 0 Å². The smallest absolute Gasteiger partial charge is 0.226 e. The van der Waals surface area contributed by atoms with E-state index in [0.717, 1.165) is 39.5 Å². The van der Waals surface area contributed by atoms with Gasteiger partial charge in [0.05, 0.1) is 23.6 Å². The number of carbonyl (C=O) groups is 1. The van der Waals surface area contributed by atoms with Crippen LogP contribution < -0.4 is 10.1 Å². The van der Waals surface area contributed by atoms with Crippen LogP contribution in [-0.4, -0.2) is 20.7 Å². The number of nitrogens with zero attached hydrogens (tertiary/aromatic N) is 3. The van der Waals surface area contributed by atoms with E-state index in [9.17, 15) is 4.79 Å². The van der Waals surface area contributed by atoms with Crippen molar-refractivity contribution >= 4 is 5.91 Å². The van der Waals surface area contributed by atoms with Crippen molar-refractivity contribution in [2.45, 2.75) is 40.2 Å². The SMILES string of the molecule is Cc1cccc(Oc2c(CCC(=O)NCc3ccccn3)c(C)nn2-c2ccccc2C)c1. The number of aryl methyl sites for hydroxylation is 3. The number of hydrogen-bond donors (Lipinski definition) is 1. The van der Waals surface area contributed by atoms with E-state index in [1.807, 2.05) is 92.2 Å². The average molecular weight is 441 g/mol. The molecular weight excluding hydrogens is 412 g/mol. The highest BCUT2D eigenvalue weighted by atomic mass is 16.5. The Morgan fingerprint density at radius 2 is 1.82 bits per heavy atom. The van der Waals surface area contributed by atoms with Gasteiger partial charge in [0.1, 0.15) is 5.75 Å². The van der Waals surface area contributed by atoms with E-state index in [1.165, 1.54) is 0 Å². The van der Waals surface area contributed by atoms with Crippen LogP contribution in [0.15, 0.2) is 72.9 Å². The summed E-state index contributed by atoms with van der Waals surface area (Å²) in [5.74, 6) is 1.35. The molecule has 0 aliphatic heterocycles. The van der Waals surface area contributed by atoms with Crippen molar-refractivity contribution in [2.24, 2.45) is 0 Å². The van der Waals surface area contributed by atoms with E-state index < -0.39 is 0 Å². The van der Waals surface area contributed by atoms with Crippen LogP contribution in [0, 0.1) is 20.8 Å². The van der Waals surface area contributed by atoms with Crippen molar-refractivity contribution in [2.75, 3.05) is 0 Å². The zero-order valence-electron chi connectivity index (χ0n) is 19.2. The number of benzene rings is 2. The largest absolute Gasteiger partial charge is 0.439 e. The Labute approximate surface area is 194 Å². The van der Waals surface area contributed by atoms with E-state index in [1.54, 1.807) is 6.20 Å². The Hall–Kier alpha value is -3.93. The predicted molar refractivity (Wildman–Crippen MR) is 129 cm³/mol. The molecule has 6 nitrogen and oxygen atoms in total. The van der Waals surface area contributed by atoms with Crippen LogP contribution in [0.25, 0.3) is 5.69 Å². The third kappa shape index (κ3) is 5.47. The molecule has 4 rings (SSSR count). The van der Waals surface area contributed by atoms with E-state index in [4.69, 9.17) is 9.84 Å². The van der Waals surface area contributed by atoms with Gasteiger partial charge in [0.15, 0.2) is 0 Å². The van der Waals surface area contributed by atoms with Gasteiger partial charge in [-0.3, -0.25) is 9.78 Å². The van der Waals surface area contributed by atoms with Gasteiger partial charge in [-0.15, -0.1) is 0 Å². The molecule has 0 bridgehead atoms. The summed E-state index contributed by atoms with van der Waals surface area (Å²) in [5, 5.41) is 7.73. The summed E-state index contributed by atoms with van der Waals surface area (Å²) in [6, 6.07) is 21.6. The Morgan fingerprint density at radius 3 is 2.58 bits per heavy atom. The zero-order valence-corrected chi connectivity index (χ0v) is 19.2. The lowest BCUT2D eigenvalue weighted by atomic mass is 10.1. The number of hydrogen-bond acceptors (Lipinski definition) is 4. The topological polar surface area (TPSA) is 69.0 Å². The number of nitrogens with one attached hydrogen (secondary N) is 1.